The van der Waals surface area contributed by atoms with Crippen LogP contribution in [0.4, 0.5) is 0 Å². The first-order chi connectivity index (χ1) is 25.9. The Balaban J connectivity index is 0.000000836. The lowest BCUT2D eigenvalue weighted by atomic mass is 9.98. The summed E-state index contributed by atoms with van der Waals surface area (Å²) in [5, 5.41) is 61.1. The molecule has 2 N–H and O–H groups in total. The van der Waals surface area contributed by atoms with Gasteiger partial charge in [-0.15, -0.1) is 0 Å². The topological polar surface area (TPSA) is 363 Å². The van der Waals surface area contributed by atoms with E-state index in [1.54, 1.807) is 25.3 Å². The summed E-state index contributed by atoms with van der Waals surface area (Å²) in [6, 6.07) is 5.18. The molecule has 1 aliphatic heterocycles. The van der Waals surface area contributed by atoms with Gasteiger partial charge in [-0.25, -0.2) is 4.79 Å². The summed E-state index contributed by atoms with van der Waals surface area (Å²) in [7, 11) is 3.08. The summed E-state index contributed by atoms with van der Waals surface area (Å²) in [6.45, 7) is -4.46. The number of methoxy groups -OCH3 is 2. The molecule has 0 amide bonds. The highest BCUT2D eigenvalue weighted by atomic mass is 16.7. The summed E-state index contributed by atoms with van der Waals surface area (Å²) in [5.41, 5.74) is 0.745. The molecule has 55 heavy (non-hydrogen) atoms. The number of carbonyl (C=O) groups excluding carboxylic acids is 4. The van der Waals surface area contributed by atoms with Crippen LogP contribution in [-0.2, 0) is 47.7 Å². The summed E-state index contributed by atoms with van der Waals surface area (Å²) >= 11 is 0. The largest absolute Gasteiger partial charge is 0.493 e. The van der Waals surface area contributed by atoms with Crippen LogP contribution in [0.3, 0.4) is 0 Å². The molecule has 26 nitrogen and oxygen atoms in total. The molecule has 1 fully saturated rings. The van der Waals surface area contributed by atoms with Gasteiger partial charge in [0.05, 0.1) is 14.2 Å². The van der Waals surface area contributed by atoms with Gasteiger partial charge < -0.3 is 43.4 Å². The van der Waals surface area contributed by atoms with Gasteiger partial charge in [-0.3, -0.25) is 59.6 Å². The number of aliphatic hydroxyl groups is 1. The van der Waals surface area contributed by atoms with Gasteiger partial charge in [0.2, 0.25) is 26.2 Å². The number of carbonyl (C=O) groups is 5. The van der Waals surface area contributed by atoms with E-state index in [0.717, 1.165) is 11.6 Å². The van der Waals surface area contributed by atoms with Crippen LogP contribution < -0.4 is 9.47 Å². The molecule has 1 saturated heterocycles. The lowest BCUT2D eigenvalue weighted by molar-refractivity contribution is -0.479. The number of esters is 4. The fourth-order valence-corrected chi connectivity index (χ4v) is 4.16. The van der Waals surface area contributed by atoms with Crippen LogP contribution >= 0.6 is 0 Å². The van der Waals surface area contributed by atoms with Gasteiger partial charge in [-0.2, -0.15) is 0 Å². The van der Waals surface area contributed by atoms with Gasteiger partial charge in [0.25, 0.3) is 0 Å². The number of aliphatic hydroxyl groups excluding tert-OH is 1. The molecule has 26 heteroatoms. The molecule has 1 aliphatic rings. The van der Waals surface area contributed by atoms with Gasteiger partial charge in [0, 0.05) is 25.8 Å². The highest BCUT2D eigenvalue weighted by Gasteiger charge is 2.52. The number of hydrogen-bond donors (Lipinski definition) is 2. The molecular weight excluding hydrogens is 756 g/mol. The van der Waals surface area contributed by atoms with Gasteiger partial charge in [-0.1, -0.05) is 6.07 Å². The first-order valence-electron chi connectivity index (χ1n) is 15.5. The van der Waals surface area contributed by atoms with E-state index in [1.165, 1.54) is 13.2 Å². The molecule has 1 aromatic carbocycles. The molecule has 0 radical (unpaired) electrons. The van der Waals surface area contributed by atoms with Crippen LogP contribution in [0.15, 0.2) is 24.3 Å². The van der Waals surface area contributed by atoms with Gasteiger partial charge >= 0.3 is 29.8 Å². The summed E-state index contributed by atoms with van der Waals surface area (Å²) in [5.74, 6) is -4.86. The fourth-order valence-electron chi connectivity index (χ4n) is 4.16. The number of rotatable bonds is 21. The second-order valence-corrected chi connectivity index (χ2v) is 10.6. The van der Waals surface area contributed by atoms with Crippen molar-refractivity contribution in [2.24, 2.45) is 0 Å². The SMILES string of the molecule is COc1ccc(C=CC(=O)O)cc1OC.O=C(CC[N+](=O)[O-])OCC1OC(O)C(OC(=O)CC[N+](=O)[O-])C(OC(=O)CC[N+](=O)[O-])C1OC(=O)CC[N+](=O)[O-]. The van der Waals surface area contributed by atoms with E-state index in [2.05, 4.69) is 0 Å². The maximum atomic E-state index is 12.3. The van der Waals surface area contributed by atoms with Crippen molar-refractivity contribution in [1.82, 2.24) is 0 Å². The lowest BCUT2D eigenvalue weighted by Gasteiger charge is -2.42. The van der Waals surface area contributed by atoms with E-state index in [9.17, 15) is 69.5 Å². The zero-order valence-corrected chi connectivity index (χ0v) is 29.0. The maximum absolute atomic E-state index is 12.3. The first-order valence-corrected chi connectivity index (χ1v) is 15.5. The predicted octanol–water partition coefficient (Wildman–Crippen LogP) is -0.549. The molecule has 5 unspecified atom stereocenters. The van der Waals surface area contributed by atoms with E-state index in [1.807, 2.05) is 0 Å². The molecular formula is C29H36N4O22. The van der Waals surface area contributed by atoms with Crippen molar-refractivity contribution in [1.29, 1.82) is 0 Å². The first kappa shape index (κ1) is 46.5. The number of carboxylic acid groups (broad SMARTS) is 1. The third-order valence-corrected chi connectivity index (χ3v) is 6.64. The molecule has 2 rings (SSSR count). The monoisotopic (exact) mass is 792 g/mol. The minimum Gasteiger partial charge on any atom is -0.493 e. The van der Waals surface area contributed by atoms with Crippen molar-refractivity contribution in [3.8, 4) is 11.5 Å². The molecule has 0 aliphatic carbocycles. The maximum Gasteiger partial charge on any atom is 0.328 e. The van der Waals surface area contributed by atoms with Crippen LogP contribution in [0.25, 0.3) is 6.08 Å². The number of hydrogen-bond acceptors (Lipinski definition) is 21. The number of ether oxygens (including phenoxy) is 7. The Morgan fingerprint density at radius 3 is 1.56 bits per heavy atom. The van der Waals surface area contributed by atoms with Crippen LogP contribution in [0.5, 0.6) is 11.5 Å². The van der Waals surface area contributed by atoms with Gasteiger partial charge in [0.1, 0.15) is 38.4 Å². The van der Waals surface area contributed by atoms with E-state index in [4.69, 9.17) is 38.3 Å². The lowest BCUT2D eigenvalue weighted by Crippen LogP contribution is -2.62. The quantitative estimate of drug-likeness (QED) is 0.0518. The average molecular weight is 793 g/mol. The van der Waals surface area contributed by atoms with Crippen LogP contribution in [-0.4, -0.2) is 137 Å². The van der Waals surface area contributed by atoms with E-state index < -0.39 is 139 Å². The Morgan fingerprint density at radius 1 is 0.691 bits per heavy atom. The highest BCUT2D eigenvalue weighted by Crippen LogP contribution is 2.30. The third kappa shape index (κ3) is 18.7. The second-order valence-electron chi connectivity index (χ2n) is 10.6. The number of aliphatic carboxylic acids is 1. The molecule has 1 aromatic rings. The zero-order valence-electron chi connectivity index (χ0n) is 29.0. The smallest absolute Gasteiger partial charge is 0.328 e. The van der Waals surface area contributed by atoms with Crippen molar-refractivity contribution >= 4 is 35.9 Å². The Kier molecular flexibility index (Phi) is 20.2. The Morgan fingerprint density at radius 2 is 1.13 bits per heavy atom. The van der Waals surface area contributed by atoms with Gasteiger partial charge in [0.15, 0.2) is 36.1 Å². The number of nitro groups is 4. The van der Waals surface area contributed by atoms with Crippen LogP contribution in [0.2, 0.25) is 0 Å². The number of carboxylic acids is 1. The Labute approximate surface area is 308 Å². The number of benzene rings is 1. The normalized spacial score (nSPS) is 18.7. The van der Waals surface area contributed by atoms with Crippen molar-refractivity contribution in [2.75, 3.05) is 47.0 Å². The number of nitrogens with zero attached hydrogens (tertiary/aromatic N) is 4. The zero-order chi connectivity index (χ0) is 41.7. The van der Waals surface area contributed by atoms with Crippen molar-refractivity contribution < 1.29 is 87.0 Å². The average Bonchev–Trinajstić information content (AvgIpc) is 3.12. The van der Waals surface area contributed by atoms with Crippen molar-refractivity contribution in [3.63, 3.8) is 0 Å². The van der Waals surface area contributed by atoms with Crippen LogP contribution in [0.1, 0.15) is 31.2 Å². The Bertz CT molecular complexity index is 1580. The molecule has 5 atom stereocenters. The molecule has 0 spiro atoms. The molecule has 0 bridgehead atoms. The van der Waals surface area contributed by atoms with E-state index >= 15 is 0 Å². The molecule has 1 heterocycles. The molecule has 0 aromatic heterocycles. The summed E-state index contributed by atoms with van der Waals surface area (Å²) < 4.78 is 35.2. The predicted molar refractivity (Wildman–Crippen MR) is 174 cm³/mol. The summed E-state index contributed by atoms with van der Waals surface area (Å²) in [4.78, 5) is 97.6. The van der Waals surface area contributed by atoms with E-state index in [0.29, 0.717) is 11.5 Å². The van der Waals surface area contributed by atoms with Crippen molar-refractivity contribution in [3.05, 3.63) is 70.3 Å². The van der Waals surface area contributed by atoms with E-state index in [-0.39, 0.29) is 0 Å². The second kappa shape index (κ2) is 23.9. The minimum absolute atomic E-state index is 0.574. The van der Waals surface area contributed by atoms with Gasteiger partial charge in [-0.05, 0) is 23.8 Å². The molecule has 304 valence electrons. The highest BCUT2D eigenvalue weighted by molar-refractivity contribution is 5.85. The fraction of sp³-hybridized carbons (Fsp3) is 0.552. The summed E-state index contributed by atoms with van der Waals surface area (Å²) in [6.07, 6.45) is -10.6. The standard InChI is InChI=1S/C18H24N4O18.C11H12O4/c23-11(1-5-19(28)29)36-9-10-15(38-12(24)2-6-20(30)31)16(39-13(25)3-7-21(32)33)17(18(27)37-10)40-14(26)4-8-22(34)35;1-14-9-5-3-8(4-6-11(12)13)7-10(9)15-2/h10,15-18,27H,1-9H2;3-7H,1-2H3,(H,12,13). The van der Waals surface area contributed by atoms with Crippen molar-refractivity contribution in [2.45, 2.75) is 56.4 Å². The Hall–Kier alpha value is -6.57. The van der Waals surface area contributed by atoms with Crippen LogP contribution in [0, 0.1) is 40.5 Å². The third-order valence-electron chi connectivity index (χ3n) is 6.64. The molecule has 0 saturated carbocycles. The minimum atomic E-state index is -2.22.